The minimum absolute atomic E-state index is 0.520. The Morgan fingerprint density at radius 2 is 2.33 bits per heavy atom. The predicted molar refractivity (Wildman–Crippen MR) is 53.1 cm³/mol. The maximum absolute atomic E-state index is 5.48. The van der Waals surface area contributed by atoms with Crippen molar-refractivity contribution in [3.8, 4) is 0 Å². The molecular formula is C9H14N2S. The second-order valence-corrected chi connectivity index (χ2v) is 4.50. The van der Waals surface area contributed by atoms with Crippen LogP contribution in [-0.4, -0.2) is 10.2 Å². The summed E-state index contributed by atoms with van der Waals surface area (Å²) in [5, 5.41) is 0.609. The van der Waals surface area contributed by atoms with Crippen LogP contribution in [0.25, 0.3) is 0 Å². The first-order valence-electron chi connectivity index (χ1n) is 4.04. The summed E-state index contributed by atoms with van der Waals surface area (Å²) in [6.45, 7) is 4.87. The van der Waals surface area contributed by atoms with Crippen LogP contribution >= 0.6 is 11.8 Å². The van der Waals surface area contributed by atoms with Gasteiger partial charge in [-0.15, -0.1) is 11.8 Å². The fourth-order valence-corrected chi connectivity index (χ4v) is 1.80. The third kappa shape index (κ3) is 2.83. The van der Waals surface area contributed by atoms with Gasteiger partial charge >= 0.3 is 0 Å². The Morgan fingerprint density at radius 3 is 2.92 bits per heavy atom. The lowest BCUT2D eigenvalue weighted by Gasteiger charge is -2.04. The van der Waals surface area contributed by atoms with Crippen LogP contribution in [0.2, 0.25) is 0 Å². The van der Waals surface area contributed by atoms with Gasteiger partial charge in [-0.2, -0.15) is 0 Å². The third-order valence-electron chi connectivity index (χ3n) is 1.37. The van der Waals surface area contributed by atoms with E-state index in [1.807, 2.05) is 30.1 Å². The number of pyridine rings is 1. The maximum atomic E-state index is 5.48. The second-order valence-electron chi connectivity index (χ2n) is 2.85. The van der Waals surface area contributed by atoms with Crippen molar-refractivity contribution in [1.82, 2.24) is 4.98 Å². The fourth-order valence-electron chi connectivity index (χ4n) is 0.913. The Morgan fingerprint density at radius 1 is 1.58 bits per heavy atom. The molecule has 2 nitrogen and oxygen atoms in total. The normalized spacial score (nSPS) is 10.7. The Kier molecular flexibility index (Phi) is 3.56. The molecule has 0 aromatic carbocycles. The highest BCUT2D eigenvalue weighted by Gasteiger charge is 1.98. The van der Waals surface area contributed by atoms with E-state index in [9.17, 15) is 0 Å². The molecule has 0 spiro atoms. The first-order valence-corrected chi connectivity index (χ1v) is 4.92. The molecule has 0 unspecified atom stereocenters. The summed E-state index contributed by atoms with van der Waals surface area (Å²) in [6, 6.07) is 4.06. The highest BCUT2D eigenvalue weighted by atomic mass is 32.2. The van der Waals surface area contributed by atoms with E-state index >= 15 is 0 Å². The summed E-state index contributed by atoms with van der Waals surface area (Å²) in [6.07, 6.45) is 1.81. The Labute approximate surface area is 77.6 Å². The Hall–Kier alpha value is -0.540. The third-order valence-corrected chi connectivity index (χ3v) is 2.37. The highest BCUT2D eigenvalue weighted by molar-refractivity contribution is 7.99. The van der Waals surface area contributed by atoms with E-state index in [0.717, 1.165) is 5.69 Å². The molecule has 0 radical (unpaired) electrons. The first-order chi connectivity index (χ1) is 5.72. The van der Waals surface area contributed by atoms with Crippen molar-refractivity contribution in [3.05, 3.63) is 24.0 Å². The van der Waals surface area contributed by atoms with Crippen LogP contribution in [0.15, 0.2) is 23.2 Å². The average molecular weight is 182 g/mol. The van der Waals surface area contributed by atoms with E-state index in [1.54, 1.807) is 0 Å². The fraction of sp³-hybridized carbons (Fsp3) is 0.444. The van der Waals surface area contributed by atoms with Crippen molar-refractivity contribution in [2.45, 2.75) is 30.5 Å². The van der Waals surface area contributed by atoms with Gasteiger partial charge < -0.3 is 5.73 Å². The number of hydrogen-bond donors (Lipinski definition) is 1. The molecule has 1 aromatic rings. The zero-order valence-electron chi connectivity index (χ0n) is 7.45. The summed E-state index contributed by atoms with van der Waals surface area (Å²) in [5.41, 5.74) is 6.44. The topological polar surface area (TPSA) is 38.9 Å². The molecule has 0 atom stereocenters. The smallest absolute Gasteiger partial charge is 0.0550 e. The van der Waals surface area contributed by atoms with Crippen molar-refractivity contribution in [3.63, 3.8) is 0 Å². The molecule has 12 heavy (non-hydrogen) atoms. The van der Waals surface area contributed by atoms with Crippen LogP contribution < -0.4 is 5.73 Å². The summed E-state index contributed by atoms with van der Waals surface area (Å²) < 4.78 is 0. The quantitative estimate of drug-likeness (QED) is 0.727. The monoisotopic (exact) mass is 182 g/mol. The molecular weight excluding hydrogens is 168 g/mol. The van der Waals surface area contributed by atoms with Gasteiger partial charge in [-0.05, 0) is 12.1 Å². The summed E-state index contributed by atoms with van der Waals surface area (Å²) >= 11 is 1.83. The van der Waals surface area contributed by atoms with Crippen molar-refractivity contribution >= 4 is 11.8 Å². The maximum Gasteiger partial charge on any atom is 0.0550 e. The van der Waals surface area contributed by atoms with E-state index < -0.39 is 0 Å². The SMILES string of the molecule is CC(C)Sc1ccnc(CN)c1. The van der Waals surface area contributed by atoms with Crippen LogP contribution in [0.4, 0.5) is 0 Å². The van der Waals surface area contributed by atoms with Gasteiger partial charge in [0.25, 0.3) is 0 Å². The molecule has 0 bridgehead atoms. The van der Waals surface area contributed by atoms with Gasteiger partial charge in [0.15, 0.2) is 0 Å². The van der Waals surface area contributed by atoms with Gasteiger partial charge in [0.05, 0.1) is 5.69 Å². The second kappa shape index (κ2) is 4.48. The zero-order valence-corrected chi connectivity index (χ0v) is 8.27. The Balaban J connectivity index is 2.72. The molecule has 1 rings (SSSR count). The van der Waals surface area contributed by atoms with Crippen molar-refractivity contribution in [2.75, 3.05) is 0 Å². The van der Waals surface area contributed by atoms with E-state index in [-0.39, 0.29) is 0 Å². The van der Waals surface area contributed by atoms with Gasteiger partial charge in [-0.1, -0.05) is 13.8 Å². The summed E-state index contributed by atoms with van der Waals surface area (Å²) in [7, 11) is 0. The van der Waals surface area contributed by atoms with E-state index in [1.165, 1.54) is 4.90 Å². The lowest BCUT2D eigenvalue weighted by atomic mass is 10.3. The van der Waals surface area contributed by atoms with Crippen LogP contribution in [0.1, 0.15) is 19.5 Å². The van der Waals surface area contributed by atoms with Crippen LogP contribution in [0.5, 0.6) is 0 Å². The lowest BCUT2D eigenvalue weighted by Crippen LogP contribution is -1.99. The summed E-state index contributed by atoms with van der Waals surface area (Å²) in [5.74, 6) is 0. The molecule has 66 valence electrons. The highest BCUT2D eigenvalue weighted by Crippen LogP contribution is 2.22. The standard InChI is InChI=1S/C9H14N2S/c1-7(2)12-9-3-4-11-8(5-9)6-10/h3-5,7H,6,10H2,1-2H3. The predicted octanol–water partition coefficient (Wildman–Crippen LogP) is 2.04. The van der Waals surface area contributed by atoms with Crippen LogP contribution in [0, 0.1) is 0 Å². The largest absolute Gasteiger partial charge is 0.325 e. The number of nitrogens with zero attached hydrogens (tertiary/aromatic N) is 1. The van der Waals surface area contributed by atoms with E-state index in [2.05, 4.69) is 18.8 Å². The number of aromatic nitrogens is 1. The first kappa shape index (κ1) is 9.55. The molecule has 0 amide bonds. The molecule has 2 N–H and O–H groups in total. The Bertz CT molecular complexity index is 248. The minimum Gasteiger partial charge on any atom is -0.325 e. The molecule has 0 saturated carbocycles. The van der Waals surface area contributed by atoms with Gasteiger partial charge in [0, 0.05) is 22.9 Å². The molecule has 0 aliphatic heterocycles. The minimum atomic E-state index is 0.520. The molecule has 0 fully saturated rings. The number of thioether (sulfide) groups is 1. The molecule has 1 aromatic heterocycles. The van der Waals surface area contributed by atoms with Crippen molar-refractivity contribution in [2.24, 2.45) is 5.73 Å². The van der Waals surface area contributed by atoms with Gasteiger partial charge in [-0.25, -0.2) is 0 Å². The molecule has 0 saturated heterocycles. The zero-order chi connectivity index (χ0) is 8.97. The molecule has 3 heteroatoms. The number of rotatable bonds is 3. The lowest BCUT2D eigenvalue weighted by molar-refractivity contribution is 0.975. The van der Waals surface area contributed by atoms with Crippen LogP contribution in [0.3, 0.4) is 0 Å². The van der Waals surface area contributed by atoms with E-state index in [4.69, 9.17) is 5.73 Å². The molecule has 0 aliphatic carbocycles. The van der Waals surface area contributed by atoms with Gasteiger partial charge in [0.1, 0.15) is 0 Å². The number of hydrogen-bond acceptors (Lipinski definition) is 3. The van der Waals surface area contributed by atoms with E-state index in [0.29, 0.717) is 11.8 Å². The average Bonchev–Trinajstić information content (AvgIpc) is 2.03. The van der Waals surface area contributed by atoms with Crippen molar-refractivity contribution < 1.29 is 0 Å². The number of nitrogens with two attached hydrogens (primary N) is 1. The van der Waals surface area contributed by atoms with Gasteiger partial charge in [-0.3, -0.25) is 4.98 Å². The van der Waals surface area contributed by atoms with Crippen molar-refractivity contribution in [1.29, 1.82) is 0 Å². The summed E-state index contributed by atoms with van der Waals surface area (Å²) in [4.78, 5) is 5.38. The molecule has 1 heterocycles. The van der Waals surface area contributed by atoms with Gasteiger partial charge in [0.2, 0.25) is 0 Å². The van der Waals surface area contributed by atoms with Crippen LogP contribution in [-0.2, 0) is 6.54 Å². The molecule has 0 aliphatic rings.